The van der Waals surface area contributed by atoms with Crippen molar-refractivity contribution in [1.29, 1.82) is 0 Å². The number of carbonyl (C=O) groups excluding carboxylic acids is 1. The Morgan fingerprint density at radius 3 is 2.80 bits per heavy atom. The number of nitrogens with zero attached hydrogens (tertiary/aromatic N) is 3. The summed E-state index contributed by atoms with van der Waals surface area (Å²) >= 11 is 0. The number of hydrogen-bond acceptors (Lipinski definition) is 4. The minimum absolute atomic E-state index is 0.335. The molecule has 2 aromatic rings. The van der Waals surface area contributed by atoms with Crippen LogP contribution in [-0.4, -0.2) is 47.0 Å². The number of methoxy groups -OCH3 is 1. The molecule has 1 fully saturated rings. The maximum Gasteiger partial charge on any atom is 0.338 e. The third kappa shape index (κ3) is 3.54. The Labute approximate surface area is 147 Å². The van der Waals surface area contributed by atoms with Gasteiger partial charge in [0.05, 0.1) is 23.9 Å². The molecule has 0 saturated carbocycles. The summed E-state index contributed by atoms with van der Waals surface area (Å²) < 4.78 is 20.4. The highest BCUT2D eigenvalue weighted by atomic mass is 19.1. The molecule has 1 unspecified atom stereocenters. The molecule has 1 aliphatic heterocycles. The monoisotopic (exact) mass is 347 g/mol. The number of carbonyl (C=O) groups is 1. The van der Waals surface area contributed by atoms with Gasteiger partial charge in [-0.3, -0.25) is 9.58 Å². The van der Waals surface area contributed by atoms with Gasteiger partial charge in [-0.2, -0.15) is 5.10 Å². The van der Waals surface area contributed by atoms with Crippen LogP contribution in [0.5, 0.6) is 0 Å². The molecule has 0 N–H and O–H groups in total. The molecule has 0 spiro atoms. The summed E-state index contributed by atoms with van der Waals surface area (Å²) in [5.74, 6) is 0.0946. The summed E-state index contributed by atoms with van der Waals surface area (Å²) in [5.41, 5.74) is 3.37. The molecule has 1 aromatic carbocycles. The van der Waals surface area contributed by atoms with E-state index in [0.717, 1.165) is 35.2 Å². The molecule has 2 heterocycles. The van der Waals surface area contributed by atoms with Crippen molar-refractivity contribution >= 4 is 16.9 Å². The fourth-order valence-corrected chi connectivity index (χ4v) is 3.58. The molecule has 1 aliphatic rings. The molecule has 0 amide bonds. The molecule has 25 heavy (non-hydrogen) atoms. The van der Waals surface area contributed by atoms with Gasteiger partial charge in [0.1, 0.15) is 6.17 Å². The Kier molecular flexibility index (Phi) is 5.08. The zero-order valence-corrected chi connectivity index (χ0v) is 15.4. The van der Waals surface area contributed by atoms with Crippen molar-refractivity contribution in [3.05, 3.63) is 29.0 Å². The first-order valence-electron chi connectivity index (χ1n) is 8.84. The standard InChI is InChI=1S/C19H26FN3O2/c1-12(2)9-23-18-13(3)15(19(24)25-4)5-6-16(18)17(21-23)11-22-8-7-14(20)10-22/h5-6,12,14H,7-11H2,1-4H3. The summed E-state index contributed by atoms with van der Waals surface area (Å²) in [4.78, 5) is 14.1. The van der Waals surface area contributed by atoms with Gasteiger partial charge in [-0.1, -0.05) is 13.8 Å². The largest absolute Gasteiger partial charge is 0.465 e. The molecular weight excluding hydrogens is 321 g/mol. The molecule has 1 saturated heterocycles. The van der Waals surface area contributed by atoms with E-state index in [4.69, 9.17) is 9.84 Å². The fourth-order valence-electron chi connectivity index (χ4n) is 3.58. The van der Waals surface area contributed by atoms with Crippen LogP contribution < -0.4 is 0 Å². The van der Waals surface area contributed by atoms with Crippen LogP contribution >= 0.6 is 0 Å². The smallest absolute Gasteiger partial charge is 0.338 e. The number of alkyl halides is 1. The normalized spacial score (nSPS) is 18.4. The van der Waals surface area contributed by atoms with Gasteiger partial charge in [-0.05, 0) is 37.0 Å². The van der Waals surface area contributed by atoms with Gasteiger partial charge in [0.15, 0.2) is 0 Å². The van der Waals surface area contributed by atoms with Gasteiger partial charge in [0.25, 0.3) is 0 Å². The predicted octanol–water partition coefficient (Wildman–Crippen LogP) is 3.33. The molecule has 6 heteroatoms. The van der Waals surface area contributed by atoms with Crippen LogP contribution in [0.15, 0.2) is 12.1 Å². The minimum Gasteiger partial charge on any atom is -0.465 e. The summed E-state index contributed by atoms with van der Waals surface area (Å²) in [6, 6.07) is 3.74. The Morgan fingerprint density at radius 1 is 1.44 bits per heavy atom. The van der Waals surface area contributed by atoms with Crippen LogP contribution in [0.2, 0.25) is 0 Å². The molecule has 0 radical (unpaired) electrons. The van der Waals surface area contributed by atoms with Crippen molar-refractivity contribution < 1.29 is 13.9 Å². The Bertz CT molecular complexity index is 785. The van der Waals surface area contributed by atoms with Crippen LogP contribution in [0.4, 0.5) is 4.39 Å². The third-order valence-corrected chi connectivity index (χ3v) is 4.77. The number of ether oxygens (including phenoxy) is 1. The van der Waals surface area contributed by atoms with Gasteiger partial charge in [-0.25, -0.2) is 9.18 Å². The first-order chi connectivity index (χ1) is 11.9. The average molecular weight is 347 g/mol. The number of aromatic nitrogens is 2. The maximum absolute atomic E-state index is 13.5. The lowest BCUT2D eigenvalue weighted by Crippen LogP contribution is -2.21. The topological polar surface area (TPSA) is 47.4 Å². The predicted molar refractivity (Wildman–Crippen MR) is 95.4 cm³/mol. The van der Waals surface area contributed by atoms with Crippen molar-refractivity contribution in [1.82, 2.24) is 14.7 Å². The summed E-state index contributed by atoms with van der Waals surface area (Å²) in [6.45, 7) is 8.86. The lowest BCUT2D eigenvalue weighted by molar-refractivity contribution is 0.0600. The highest BCUT2D eigenvalue weighted by molar-refractivity contribution is 5.98. The quantitative estimate of drug-likeness (QED) is 0.779. The van der Waals surface area contributed by atoms with E-state index >= 15 is 0 Å². The van der Waals surface area contributed by atoms with Crippen molar-refractivity contribution in [2.75, 3.05) is 20.2 Å². The van der Waals surface area contributed by atoms with E-state index in [-0.39, 0.29) is 5.97 Å². The molecule has 0 bridgehead atoms. The average Bonchev–Trinajstić information content (AvgIpc) is 3.11. The van der Waals surface area contributed by atoms with Gasteiger partial charge in [0.2, 0.25) is 0 Å². The van der Waals surface area contributed by atoms with Crippen molar-refractivity contribution in [2.24, 2.45) is 5.92 Å². The number of fused-ring (bicyclic) bond motifs is 1. The second-order valence-corrected chi connectivity index (χ2v) is 7.27. The summed E-state index contributed by atoms with van der Waals surface area (Å²) in [7, 11) is 1.39. The Morgan fingerprint density at radius 2 is 2.20 bits per heavy atom. The number of benzene rings is 1. The number of aryl methyl sites for hydroxylation is 1. The highest BCUT2D eigenvalue weighted by Crippen LogP contribution is 2.28. The second kappa shape index (κ2) is 7.12. The lowest BCUT2D eigenvalue weighted by Gasteiger charge is -2.12. The number of halogens is 1. The first kappa shape index (κ1) is 17.9. The maximum atomic E-state index is 13.5. The van der Waals surface area contributed by atoms with Gasteiger partial charge >= 0.3 is 5.97 Å². The van der Waals surface area contributed by atoms with E-state index in [1.54, 1.807) is 6.07 Å². The van der Waals surface area contributed by atoms with Crippen LogP contribution in [0, 0.1) is 12.8 Å². The Hall–Kier alpha value is -1.95. The van der Waals surface area contributed by atoms with E-state index in [9.17, 15) is 9.18 Å². The second-order valence-electron chi connectivity index (χ2n) is 7.27. The SMILES string of the molecule is COC(=O)c1ccc2c(CN3CCC(F)C3)nn(CC(C)C)c2c1C. The van der Waals surface area contributed by atoms with E-state index in [1.165, 1.54) is 7.11 Å². The summed E-state index contributed by atoms with van der Waals surface area (Å²) in [6.07, 6.45) is -0.146. The molecule has 1 aromatic heterocycles. The van der Waals surface area contributed by atoms with Crippen LogP contribution in [0.25, 0.3) is 10.9 Å². The van der Waals surface area contributed by atoms with E-state index < -0.39 is 6.17 Å². The lowest BCUT2D eigenvalue weighted by atomic mass is 10.0. The molecule has 1 atom stereocenters. The minimum atomic E-state index is -0.739. The van der Waals surface area contributed by atoms with Crippen molar-refractivity contribution in [2.45, 2.75) is 46.5 Å². The zero-order chi connectivity index (χ0) is 18.1. The number of esters is 1. The van der Waals surface area contributed by atoms with Crippen LogP contribution in [0.3, 0.4) is 0 Å². The van der Waals surface area contributed by atoms with Gasteiger partial charge in [-0.15, -0.1) is 0 Å². The van der Waals surface area contributed by atoms with Crippen LogP contribution in [-0.2, 0) is 17.8 Å². The van der Waals surface area contributed by atoms with E-state index in [2.05, 4.69) is 18.7 Å². The zero-order valence-electron chi connectivity index (χ0n) is 15.4. The first-order valence-corrected chi connectivity index (χ1v) is 8.84. The number of likely N-dealkylation sites (tertiary alicyclic amines) is 1. The molecule has 5 nitrogen and oxygen atoms in total. The molecular formula is C19H26FN3O2. The molecule has 3 rings (SSSR count). The van der Waals surface area contributed by atoms with Crippen molar-refractivity contribution in [3.63, 3.8) is 0 Å². The van der Waals surface area contributed by atoms with E-state index in [0.29, 0.717) is 31.0 Å². The number of rotatable bonds is 5. The molecule has 136 valence electrons. The van der Waals surface area contributed by atoms with Gasteiger partial charge < -0.3 is 4.74 Å². The highest BCUT2D eigenvalue weighted by Gasteiger charge is 2.25. The van der Waals surface area contributed by atoms with Crippen LogP contribution in [0.1, 0.15) is 41.9 Å². The number of hydrogen-bond donors (Lipinski definition) is 0. The van der Waals surface area contributed by atoms with Crippen molar-refractivity contribution in [3.8, 4) is 0 Å². The fraction of sp³-hybridized carbons (Fsp3) is 0.579. The third-order valence-electron chi connectivity index (χ3n) is 4.77. The Balaban J connectivity index is 2.06. The van der Waals surface area contributed by atoms with E-state index in [1.807, 2.05) is 17.7 Å². The van der Waals surface area contributed by atoms with Gasteiger partial charge in [0, 0.05) is 31.6 Å². The molecule has 0 aliphatic carbocycles. The summed E-state index contributed by atoms with van der Waals surface area (Å²) in [5, 5.41) is 5.84.